The van der Waals surface area contributed by atoms with Gasteiger partial charge in [-0.2, -0.15) is 0 Å². The number of nitrogens with one attached hydrogen (secondary N) is 1. The zero-order chi connectivity index (χ0) is 24.9. The van der Waals surface area contributed by atoms with Crippen molar-refractivity contribution < 1.29 is 14.3 Å². The Kier molecular flexibility index (Phi) is 7.76. The number of ether oxygens (including phenoxy) is 2. The molecule has 1 atom stereocenters. The first-order valence-corrected chi connectivity index (χ1v) is 12.3. The molecule has 1 N–H and O–H groups in total. The third-order valence-corrected chi connectivity index (χ3v) is 6.25. The van der Waals surface area contributed by atoms with Crippen LogP contribution >= 0.6 is 0 Å². The molecule has 35 heavy (non-hydrogen) atoms. The maximum absolute atomic E-state index is 13.7. The van der Waals surface area contributed by atoms with Gasteiger partial charge in [0.2, 0.25) is 5.91 Å². The Labute approximate surface area is 206 Å². The number of fused-ring (bicyclic) bond motifs is 1. The van der Waals surface area contributed by atoms with Crippen LogP contribution in [0.3, 0.4) is 0 Å². The Morgan fingerprint density at radius 1 is 1.06 bits per heavy atom. The minimum Gasteiger partial charge on any atom is -0.497 e. The number of aromatic nitrogens is 1. The highest BCUT2D eigenvalue weighted by molar-refractivity contribution is 5.87. The summed E-state index contributed by atoms with van der Waals surface area (Å²) >= 11 is 0. The lowest BCUT2D eigenvalue weighted by Gasteiger charge is -2.32. The molecule has 1 saturated heterocycles. The van der Waals surface area contributed by atoms with E-state index in [4.69, 9.17) is 9.47 Å². The molecule has 186 valence electrons. The molecule has 0 bridgehead atoms. The number of likely N-dealkylation sites (tertiary alicyclic amines) is 1. The molecule has 4 rings (SSSR count). The summed E-state index contributed by atoms with van der Waals surface area (Å²) in [5.41, 5.74) is 1.25. The Bertz CT molecular complexity index is 1250. The predicted octanol–water partition coefficient (Wildman–Crippen LogP) is 3.92. The van der Waals surface area contributed by atoms with Crippen molar-refractivity contribution in [3.63, 3.8) is 0 Å². The number of hydrogen-bond acceptors (Lipinski definition) is 5. The van der Waals surface area contributed by atoms with Gasteiger partial charge in [-0.15, -0.1) is 0 Å². The molecular formula is C28H35N3O4. The second-order valence-electron chi connectivity index (χ2n) is 9.69. The van der Waals surface area contributed by atoms with Crippen molar-refractivity contribution in [2.45, 2.75) is 39.8 Å². The minimum absolute atomic E-state index is 0.0165. The second kappa shape index (κ2) is 11.0. The van der Waals surface area contributed by atoms with E-state index in [9.17, 15) is 9.59 Å². The highest BCUT2D eigenvalue weighted by atomic mass is 16.5. The van der Waals surface area contributed by atoms with E-state index >= 15 is 0 Å². The number of pyridine rings is 1. The summed E-state index contributed by atoms with van der Waals surface area (Å²) in [6.45, 7) is 9.86. The first-order valence-electron chi connectivity index (χ1n) is 12.3. The predicted molar refractivity (Wildman–Crippen MR) is 139 cm³/mol. The topological polar surface area (TPSA) is 72.8 Å². The molecule has 0 radical (unpaired) electrons. The van der Waals surface area contributed by atoms with Crippen LogP contribution in [-0.2, 0) is 11.3 Å². The van der Waals surface area contributed by atoms with Crippen molar-refractivity contribution in [1.29, 1.82) is 0 Å². The van der Waals surface area contributed by atoms with Gasteiger partial charge in [-0.05, 0) is 69.1 Å². The van der Waals surface area contributed by atoms with Gasteiger partial charge in [-0.25, -0.2) is 0 Å². The summed E-state index contributed by atoms with van der Waals surface area (Å²) in [4.78, 5) is 28.8. The molecule has 7 heteroatoms. The van der Waals surface area contributed by atoms with Gasteiger partial charge in [0.25, 0.3) is 5.56 Å². The number of rotatable bonds is 10. The Balaban J connectivity index is 1.68. The molecule has 0 saturated carbocycles. The molecule has 0 spiro atoms. The number of benzene rings is 2. The van der Waals surface area contributed by atoms with Gasteiger partial charge in [0.15, 0.2) is 0 Å². The quantitative estimate of drug-likeness (QED) is 0.479. The Hall–Kier alpha value is -3.32. The summed E-state index contributed by atoms with van der Waals surface area (Å²) in [6, 6.07) is 15.1. The van der Waals surface area contributed by atoms with Crippen LogP contribution in [0.25, 0.3) is 22.0 Å². The van der Waals surface area contributed by atoms with Gasteiger partial charge >= 0.3 is 0 Å². The molecule has 1 aromatic heterocycles. The SMILES string of the molecule is COc1cccc(-c2cc3ccc(OC[C@@H](C)CN4CCC4)cc3c(=O)n2CC(=O)NC(C)C)c1. The average molecular weight is 478 g/mol. The van der Waals surface area contributed by atoms with E-state index in [1.54, 1.807) is 13.2 Å². The number of carbonyl (C=O) groups is 1. The second-order valence-corrected chi connectivity index (χ2v) is 9.69. The molecule has 3 aromatic rings. The van der Waals surface area contributed by atoms with Crippen molar-refractivity contribution in [2.24, 2.45) is 5.92 Å². The van der Waals surface area contributed by atoms with Crippen molar-refractivity contribution in [2.75, 3.05) is 33.4 Å². The lowest BCUT2D eigenvalue weighted by Crippen LogP contribution is -2.41. The fraction of sp³-hybridized carbons (Fsp3) is 0.429. The van der Waals surface area contributed by atoms with Crippen LogP contribution in [0, 0.1) is 5.92 Å². The lowest BCUT2D eigenvalue weighted by molar-refractivity contribution is -0.122. The summed E-state index contributed by atoms with van der Waals surface area (Å²) in [5.74, 6) is 1.54. The molecule has 1 aliphatic heterocycles. The lowest BCUT2D eigenvalue weighted by atomic mass is 10.1. The number of methoxy groups -OCH3 is 1. The van der Waals surface area contributed by atoms with Gasteiger partial charge in [-0.3, -0.25) is 14.2 Å². The smallest absolute Gasteiger partial charge is 0.259 e. The van der Waals surface area contributed by atoms with Crippen LogP contribution < -0.4 is 20.3 Å². The van der Waals surface area contributed by atoms with Gasteiger partial charge in [0.05, 0.1) is 24.8 Å². The number of nitrogens with zero attached hydrogens (tertiary/aromatic N) is 2. The number of amides is 1. The van der Waals surface area contributed by atoms with Gasteiger partial charge in [-0.1, -0.05) is 25.1 Å². The maximum Gasteiger partial charge on any atom is 0.259 e. The normalized spacial score (nSPS) is 14.5. The van der Waals surface area contributed by atoms with Crippen molar-refractivity contribution in [3.8, 4) is 22.8 Å². The van der Waals surface area contributed by atoms with Crippen molar-refractivity contribution in [1.82, 2.24) is 14.8 Å². The van der Waals surface area contributed by atoms with Gasteiger partial charge < -0.3 is 19.7 Å². The maximum atomic E-state index is 13.7. The molecule has 1 aliphatic rings. The van der Waals surface area contributed by atoms with Crippen LogP contribution in [0.2, 0.25) is 0 Å². The third kappa shape index (κ3) is 6.03. The van der Waals surface area contributed by atoms with Gasteiger partial charge in [0.1, 0.15) is 18.0 Å². The van der Waals surface area contributed by atoms with E-state index in [1.165, 1.54) is 24.1 Å². The summed E-state index contributed by atoms with van der Waals surface area (Å²) in [7, 11) is 1.61. The van der Waals surface area contributed by atoms with Crippen LogP contribution in [0.15, 0.2) is 53.3 Å². The van der Waals surface area contributed by atoms with E-state index in [0.29, 0.717) is 35.1 Å². The van der Waals surface area contributed by atoms with Crippen LogP contribution in [0.5, 0.6) is 11.5 Å². The highest BCUT2D eigenvalue weighted by Crippen LogP contribution is 2.27. The Morgan fingerprint density at radius 2 is 1.86 bits per heavy atom. The molecule has 0 unspecified atom stereocenters. The third-order valence-electron chi connectivity index (χ3n) is 6.25. The van der Waals surface area contributed by atoms with Crippen LogP contribution in [0.1, 0.15) is 27.2 Å². The van der Waals surface area contributed by atoms with E-state index in [-0.39, 0.29) is 24.1 Å². The zero-order valence-electron chi connectivity index (χ0n) is 21.0. The Morgan fingerprint density at radius 3 is 2.54 bits per heavy atom. The molecule has 7 nitrogen and oxygen atoms in total. The fourth-order valence-corrected chi connectivity index (χ4v) is 4.40. The van der Waals surface area contributed by atoms with E-state index in [1.807, 2.05) is 56.3 Å². The molecule has 0 aliphatic carbocycles. The van der Waals surface area contributed by atoms with Crippen molar-refractivity contribution >= 4 is 16.7 Å². The summed E-state index contributed by atoms with van der Waals surface area (Å²) < 4.78 is 13.0. The van der Waals surface area contributed by atoms with Crippen molar-refractivity contribution in [3.05, 3.63) is 58.9 Å². The summed E-state index contributed by atoms with van der Waals surface area (Å²) in [6.07, 6.45) is 1.28. The fourth-order valence-electron chi connectivity index (χ4n) is 4.40. The van der Waals surface area contributed by atoms with Crippen LogP contribution in [-0.4, -0.2) is 54.8 Å². The van der Waals surface area contributed by atoms with Crippen LogP contribution in [0.4, 0.5) is 0 Å². The monoisotopic (exact) mass is 477 g/mol. The molecule has 1 amide bonds. The number of carbonyl (C=O) groups excluding carboxylic acids is 1. The number of hydrogen-bond donors (Lipinski definition) is 1. The minimum atomic E-state index is -0.224. The summed E-state index contributed by atoms with van der Waals surface area (Å²) in [5, 5.41) is 4.21. The molecular weight excluding hydrogens is 442 g/mol. The first kappa shape index (κ1) is 24.8. The van der Waals surface area contributed by atoms with E-state index in [2.05, 4.69) is 17.1 Å². The highest BCUT2D eigenvalue weighted by Gasteiger charge is 2.18. The average Bonchev–Trinajstić information content (AvgIpc) is 2.81. The first-order chi connectivity index (χ1) is 16.8. The molecule has 2 heterocycles. The molecule has 2 aromatic carbocycles. The van der Waals surface area contributed by atoms with Gasteiger partial charge in [0, 0.05) is 24.1 Å². The zero-order valence-corrected chi connectivity index (χ0v) is 21.0. The molecule has 1 fully saturated rings. The van der Waals surface area contributed by atoms with E-state index in [0.717, 1.165) is 17.5 Å². The standard InChI is InChI=1S/C28H35N3O4/c1-19(2)29-27(32)17-31-26(22-7-5-8-23(13-22)34-4)14-21-9-10-24(15-25(21)28(31)33)35-18-20(3)16-30-11-6-12-30/h5,7-10,13-15,19-20H,6,11-12,16-18H2,1-4H3,(H,29,32)/t20-/m0/s1. The largest absolute Gasteiger partial charge is 0.497 e. The van der Waals surface area contributed by atoms with E-state index < -0.39 is 0 Å².